The molecule has 0 aliphatic rings. The molecule has 0 unspecified atom stereocenters. The van der Waals surface area contributed by atoms with Gasteiger partial charge in [-0.25, -0.2) is 0 Å². The van der Waals surface area contributed by atoms with E-state index in [0.29, 0.717) is 0 Å². The fourth-order valence-electron chi connectivity index (χ4n) is 0.258. The second kappa shape index (κ2) is 6.34. The predicted molar refractivity (Wildman–Crippen MR) is 37.6 cm³/mol. The van der Waals surface area contributed by atoms with Crippen LogP contribution in [-0.4, -0.2) is 12.4 Å². The van der Waals surface area contributed by atoms with Crippen molar-refractivity contribution in [1.82, 2.24) is 0 Å². The highest BCUT2D eigenvalue weighted by Crippen LogP contribution is 1.72. The van der Waals surface area contributed by atoms with Crippen molar-refractivity contribution in [3.63, 3.8) is 0 Å². The third kappa shape index (κ3) is 5.34. The third-order valence-electron chi connectivity index (χ3n) is 0.595. The smallest absolute Gasteiger partial charge is 0.0267 e. The maximum Gasteiger partial charge on any atom is 0.0267 e. The van der Waals surface area contributed by atoms with E-state index < -0.39 is 0 Å². The summed E-state index contributed by atoms with van der Waals surface area (Å²) in [5.41, 5.74) is 0. The van der Waals surface area contributed by atoms with Crippen molar-refractivity contribution < 1.29 is 0 Å². The van der Waals surface area contributed by atoms with Gasteiger partial charge in [0.1, 0.15) is 0 Å². The highest BCUT2D eigenvalue weighted by molar-refractivity contribution is 5.60. The Labute approximate surface area is 50.3 Å². The summed E-state index contributed by atoms with van der Waals surface area (Å²) in [6, 6.07) is 0. The maximum absolute atomic E-state index is 3.72. The van der Waals surface area contributed by atoms with Crippen LogP contribution in [0.15, 0.2) is 10.2 Å². The molecule has 0 aliphatic heterocycles. The van der Waals surface area contributed by atoms with Crippen molar-refractivity contribution in [3.05, 3.63) is 0 Å². The second-order valence-corrected chi connectivity index (χ2v) is 1.41. The Kier molecular flexibility index (Phi) is 5.82. The third-order valence-corrected chi connectivity index (χ3v) is 0.595. The Morgan fingerprint density at radius 3 is 1.62 bits per heavy atom. The first-order valence-corrected chi connectivity index (χ1v) is 2.95. The highest BCUT2D eigenvalue weighted by atomic mass is 15.2. The molecule has 0 fully saturated rings. The van der Waals surface area contributed by atoms with E-state index in [-0.39, 0.29) is 0 Å². The lowest BCUT2D eigenvalue weighted by molar-refractivity contribution is 1.18. The molecule has 46 valence electrons. The zero-order chi connectivity index (χ0) is 6.24. The zero-order valence-corrected chi connectivity index (χ0v) is 5.46. The van der Waals surface area contributed by atoms with Gasteiger partial charge >= 0.3 is 0 Å². The first-order valence-electron chi connectivity index (χ1n) is 2.95. The minimum absolute atomic E-state index is 0.959. The number of rotatable bonds is 3. The van der Waals surface area contributed by atoms with Gasteiger partial charge in [0.25, 0.3) is 0 Å². The first-order chi connectivity index (χ1) is 3.91. The first kappa shape index (κ1) is 7.34. The van der Waals surface area contributed by atoms with Gasteiger partial charge in [-0.2, -0.15) is 10.2 Å². The summed E-state index contributed by atoms with van der Waals surface area (Å²) in [6.45, 7) is 4.07. The molecule has 0 radical (unpaired) electrons. The molecule has 0 aliphatic carbocycles. The molecule has 0 spiro atoms. The summed E-state index contributed by atoms with van der Waals surface area (Å²) < 4.78 is 0. The molecule has 0 rings (SSSR count). The molecule has 0 amide bonds. The molecule has 0 heterocycles. The van der Waals surface area contributed by atoms with E-state index in [9.17, 15) is 0 Å². The van der Waals surface area contributed by atoms with Crippen LogP contribution in [0, 0.1) is 0 Å². The van der Waals surface area contributed by atoms with Crippen molar-refractivity contribution in [2.75, 3.05) is 0 Å². The average Bonchev–Trinajstić information content (AvgIpc) is 1.81. The summed E-state index contributed by atoms with van der Waals surface area (Å²) in [5.74, 6) is 0. The van der Waals surface area contributed by atoms with E-state index in [1.165, 1.54) is 0 Å². The summed E-state index contributed by atoms with van der Waals surface area (Å²) >= 11 is 0. The van der Waals surface area contributed by atoms with Gasteiger partial charge in [-0.3, -0.25) is 0 Å². The Balaban J connectivity index is 3.13. The van der Waals surface area contributed by atoms with Crippen molar-refractivity contribution >= 4 is 12.4 Å². The van der Waals surface area contributed by atoms with E-state index in [0.717, 1.165) is 12.8 Å². The molecule has 2 heteroatoms. The molecular formula is C6H12N2. The lowest BCUT2D eigenvalue weighted by atomic mass is 10.5. The largest absolute Gasteiger partial charge is 0.164 e. The second-order valence-electron chi connectivity index (χ2n) is 1.41. The normalized spacial score (nSPS) is 11.8. The number of nitrogens with zero attached hydrogens (tertiary/aromatic N) is 2. The SMILES string of the molecule is CC/C=N/N=C/CC. The summed E-state index contributed by atoms with van der Waals surface area (Å²) in [7, 11) is 0. The maximum atomic E-state index is 3.72. The van der Waals surface area contributed by atoms with Gasteiger partial charge in [0, 0.05) is 12.4 Å². The molecular weight excluding hydrogens is 100 g/mol. The van der Waals surface area contributed by atoms with Crippen LogP contribution in [0.1, 0.15) is 26.7 Å². The molecule has 0 aromatic carbocycles. The van der Waals surface area contributed by atoms with E-state index in [4.69, 9.17) is 0 Å². The molecule has 8 heavy (non-hydrogen) atoms. The van der Waals surface area contributed by atoms with Crippen LogP contribution in [0.2, 0.25) is 0 Å². The Morgan fingerprint density at radius 1 is 1.00 bits per heavy atom. The van der Waals surface area contributed by atoms with E-state index in [2.05, 4.69) is 10.2 Å². The molecule has 0 bridgehead atoms. The van der Waals surface area contributed by atoms with E-state index in [1.807, 2.05) is 13.8 Å². The van der Waals surface area contributed by atoms with Gasteiger partial charge in [0.15, 0.2) is 0 Å². The van der Waals surface area contributed by atoms with Crippen LogP contribution in [0.3, 0.4) is 0 Å². The highest BCUT2D eigenvalue weighted by Gasteiger charge is 1.63. The number of hydrogen-bond acceptors (Lipinski definition) is 2. The quantitative estimate of drug-likeness (QED) is 0.393. The van der Waals surface area contributed by atoms with Crippen molar-refractivity contribution in [1.29, 1.82) is 0 Å². The summed E-state index contributed by atoms with van der Waals surface area (Å²) in [4.78, 5) is 0. The average molecular weight is 112 g/mol. The number of hydrogen-bond donors (Lipinski definition) is 0. The fraction of sp³-hybridized carbons (Fsp3) is 0.667. The van der Waals surface area contributed by atoms with Gasteiger partial charge < -0.3 is 0 Å². The monoisotopic (exact) mass is 112 g/mol. The van der Waals surface area contributed by atoms with Crippen LogP contribution >= 0.6 is 0 Å². The predicted octanol–water partition coefficient (Wildman–Crippen LogP) is 1.86. The summed E-state index contributed by atoms with van der Waals surface area (Å²) in [6.07, 6.45) is 5.49. The lowest BCUT2D eigenvalue weighted by Gasteiger charge is -1.74. The molecule has 0 aromatic heterocycles. The van der Waals surface area contributed by atoms with Gasteiger partial charge in [-0.1, -0.05) is 13.8 Å². The zero-order valence-electron chi connectivity index (χ0n) is 5.46. The molecule has 0 atom stereocenters. The molecule has 0 saturated carbocycles. The van der Waals surface area contributed by atoms with Gasteiger partial charge in [0.05, 0.1) is 0 Å². The van der Waals surface area contributed by atoms with Crippen LogP contribution in [0.25, 0.3) is 0 Å². The van der Waals surface area contributed by atoms with Crippen LogP contribution < -0.4 is 0 Å². The molecule has 0 aromatic rings. The van der Waals surface area contributed by atoms with Gasteiger partial charge in [0.2, 0.25) is 0 Å². The Hall–Kier alpha value is -0.660. The molecule has 0 saturated heterocycles. The van der Waals surface area contributed by atoms with E-state index >= 15 is 0 Å². The van der Waals surface area contributed by atoms with Gasteiger partial charge in [-0.15, -0.1) is 0 Å². The van der Waals surface area contributed by atoms with Crippen molar-refractivity contribution in [3.8, 4) is 0 Å². The Morgan fingerprint density at radius 2 is 1.38 bits per heavy atom. The fourth-order valence-corrected chi connectivity index (χ4v) is 0.258. The minimum Gasteiger partial charge on any atom is -0.164 e. The lowest BCUT2D eigenvalue weighted by Crippen LogP contribution is -1.66. The minimum atomic E-state index is 0.959. The van der Waals surface area contributed by atoms with Gasteiger partial charge in [-0.05, 0) is 12.8 Å². The standard InChI is InChI=1S/C6H12N2/c1-3-5-7-8-6-4-2/h5-6H,3-4H2,1-2H3/b7-5+,8-6+. The van der Waals surface area contributed by atoms with Crippen LogP contribution in [0.4, 0.5) is 0 Å². The van der Waals surface area contributed by atoms with E-state index in [1.54, 1.807) is 12.4 Å². The topological polar surface area (TPSA) is 24.7 Å². The van der Waals surface area contributed by atoms with Crippen molar-refractivity contribution in [2.24, 2.45) is 10.2 Å². The van der Waals surface area contributed by atoms with Crippen molar-refractivity contribution in [2.45, 2.75) is 26.7 Å². The molecule has 2 nitrogen and oxygen atoms in total. The van der Waals surface area contributed by atoms with Crippen LogP contribution in [0.5, 0.6) is 0 Å². The van der Waals surface area contributed by atoms with Crippen LogP contribution in [-0.2, 0) is 0 Å². The Bertz CT molecular complexity index is 72.5. The summed E-state index contributed by atoms with van der Waals surface area (Å²) in [5, 5.41) is 7.45. The molecule has 0 N–H and O–H groups in total.